The van der Waals surface area contributed by atoms with Crippen LogP contribution in [0.2, 0.25) is 0 Å². The molecule has 18 heavy (non-hydrogen) atoms. The van der Waals surface area contributed by atoms with Crippen LogP contribution in [0, 0.1) is 0 Å². The summed E-state index contributed by atoms with van der Waals surface area (Å²) in [6.07, 6.45) is 0. The van der Waals surface area contributed by atoms with Gasteiger partial charge in [-0.05, 0) is 11.1 Å². The van der Waals surface area contributed by atoms with E-state index in [4.69, 9.17) is 5.84 Å². The zero-order valence-corrected chi connectivity index (χ0v) is 10.3. The van der Waals surface area contributed by atoms with Crippen LogP contribution in [0.1, 0.15) is 17.2 Å². The first-order chi connectivity index (χ1) is 8.90. The molecule has 0 saturated carbocycles. The second kappa shape index (κ2) is 6.91. The highest BCUT2D eigenvalue weighted by Crippen LogP contribution is 2.10. The smallest absolute Gasteiger partial charge is 0.0584 e. The van der Waals surface area contributed by atoms with Crippen LogP contribution in [0.15, 0.2) is 60.7 Å². The Hall–Kier alpha value is -1.68. The highest BCUT2D eigenvalue weighted by atomic mass is 15.2. The Kier molecular flexibility index (Phi) is 4.90. The molecule has 0 unspecified atom stereocenters. The fourth-order valence-corrected chi connectivity index (χ4v) is 1.92. The molecule has 0 aromatic heterocycles. The summed E-state index contributed by atoms with van der Waals surface area (Å²) in [7, 11) is 0. The Morgan fingerprint density at radius 3 is 2.11 bits per heavy atom. The van der Waals surface area contributed by atoms with Gasteiger partial charge in [0.2, 0.25) is 0 Å². The van der Waals surface area contributed by atoms with Crippen LogP contribution in [-0.4, -0.2) is 6.54 Å². The molecule has 0 aliphatic rings. The second-order valence-corrected chi connectivity index (χ2v) is 4.25. The van der Waals surface area contributed by atoms with Crippen LogP contribution in [0.3, 0.4) is 0 Å². The quantitative estimate of drug-likeness (QED) is 0.535. The molecule has 0 radical (unpaired) electrons. The molecule has 1 atom stereocenters. The number of rotatable bonds is 6. The number of hydrogen-bond donors (Lipinski definition) is 3. The molecule has 0 heterocycles. The topological polar surface area (TPSA) is 50.1 Å². The predicted octanol–water partition coefficient (Wildman–Crippen LogP) is 1.98. The SMILES string of the molecule is NN[C@H](CNCc1ccccc1)c1ccccc1. The normalized spacial score (nSPS) is 12.3. The summed E-state index contributed by atoms with van der Waals surface area (Å²) in [4.78, 5) is 0. The van der Waals surface area contributed by atoms with Crippen molar-refractivity contribution in [3.8, 4) is 0 Å². The van der Waals surface area contributed by atoms with Crippen LogP contribution in [0.25, 0.3) is 0 Å². The van der Waals surface area contributed by atoms with Gasteiger partial charge in [0.05, 0.1) is 6.04 Å². The average molecular weight is 241 g/mol. The Morgan fingerprint density at radius 2 is 1.50 bits per heavy atom. The fraction of sp³-hybridized carbons (Fsp3) is 0.200. The molecule has 0 spiro atoms. The molecule has 0 bridgehead atoms. The van der Waals surface area contributed by atoms with Crippen molar-refractivity contribution in [3.05, 3.63) is 71.8 Å². The van der Waals surface area contributed by atoms with E-state index in [0.717, 1.165) is 13.1 Å². The fourth-order valence-electron chi connectivity index (χ4n) is 1.92. The van der Waals surface area contributed by atoms with Crippen molar-refractivity contribution in [2.75, 3.05) is 6.54 Å². The van der Waals surface area contributed by atoms with Gasteiger partial charge >= 0.3 is 0 Å². The number of nitrogens with two attached hydrogens (primary N) is 1. The molecule has 2 rings (SSSR count). The second-order valence-electron chi connectivity index (χ2n) is 4.25. The summed E-state index contributed by atoms with van der Waals surface area (Å²) in [6, 6.07) is 20.7. The maximum Gasteiger partial charge on any atom is 0.0584 e. The highest BCUT2D eigenvalue weighted by molar-refractivity contribution is 5.19. The minimum Gasteiger partial charge on any atom is -0.311 e. The van der Waals surface area contributed by atoms with E-state index in [0.29, 0.717) is 0 Å². The van der Waals surface area contributed by atoms with Gasteiger partial charge in [-0.3, -0.25) is 11.3 Å². The number of hydrazine groups is 1. The zero-order valence-electron chi connectivity index (χ0n) is 10.3. The first-order valence-corrected chi connectivity index (χ1v) is 6.16. The van der Waals surface area contributed by atoms with Crippen molar-refractivity contribution in [1.82, 2.24) is 10.7 Å². The van der Waals surface area contributed by atoms with Crippen LogP contribution < -0.4 is 16.6 Å². The summed E-state index contributed by atoms with van der Waals surface area (Å²) in [5, 5.41) is 3.41. The van der Waals surface area contributed by atoms with E-state index < -0.39 is 0 Å². The molecule has 0 amide bonds. The largest absolute Gasteiger partial charge is 0.311 e. The molecule has 0 aliphatic carbocycles. The minimum atomic E-state index is 0.134. The lowest BCUT2D eigenvalue weighted by Crippen LogP contribution is -2.35. The van der Waals surface area contributed by atoms with Gasteiger partial charge < -0.3 is 5.32 Å². The van der Waals surface area contributed by atoms with Crippen molar-refractivity contribution >= 4 is 0 Å². The van der Waals surface area contributed by atoms with E-state index in [1.54, 1.807) is 0 Å². The Bertz CT molecular complexity index is 442. The molecule has 3 heteroatoms. The van der Waals surface area contributed by atoms with Crippen molar-refractivity contribution in [2.24, 2.45) is 5.84 Å². The molecule has 0 saturated heterocycles. The Balaban J connectivity index is 1.85. The van der Waals surface area contributed by atoms with Crippen LogP contribution in [0.5, 0.6) is 0 Å². The Morgan fingerprint density at radius 1 is 0.889 bits per heavy atom. The van der Waals surface area contributed by atoms with Gasteiger partial charge in [0.15, 0.2) is 0 Å². The van der Waals surface area contributed by atoms with E-state index in [-0.39, 0.29) is 6.04 Å². The van der Waals surface area contributed by atoms with Gasteiger partial charge in [-0.15, -0.1) is 0 Å². The van der Waals surface area contributed by atoms with Gasteiger partial charge in [-0.2, -0.15) is 0 Å². The van der Waals surface area contributed by atoms with Gasteiger partial charge in [0.1, 0.15) is 0 Å². The molecule has 4 N–H and O–H groups in total. The molecular weight excluding hydrogens is 222 g/mol. The summed E-state index contributed by atoms with van der Waals surface area (Å²) < 4.78 is 0. The number of nitrogens with one attached hydrogen (secondary N) is 2. The maximum atomic E-state index is 5.59. The summed E-state index contributed by atoms with van der Waals surface area (Å²) in [5.74, 6) is 5.59. The molecule has 2 aromatic rings. The third-order valence-corrected chi connectivity index (χ3v) is 2.92. The lowest BCUT2D eigenvalue weighted by molar-refractivity contribution is 0.502. The third-order valence-electron chi connectivity index (χ3n) is 2.92. The minimum absolute atomic E-state index is 0.134. The maximum absolute atomic E-state index is 5.59. The summed E-state index contributed by atoms with van der Waals surface area (Å²) >= 11 is 0. The molecule has 0 fully saturated rings. The first-order valence-electron chi connectivity index (χ1n) is 6.16. The lowest BCUT2D eigenvalue weighted by atomic mass is 10.1. The summed E-state index contributed by atoms with van der Waals surface area (Å²) in [6.45, 7) is 1.65. The number of hydrogen-bond acceptors (Lipinski definition) is 3. The van der Waals surface area contributed by atoms with E-state index >= 15 is 0 Å². The molecule has 2 aromatic carbocycles. The monoisotopic (exact) mass is 241 g/mol. The predicted molar refractivity (Wildman–Crippen MR) is 74.7 cm³/mol. The van der Waals surface area contributed by atoms with E-state index in [2.05, 4.69) is 35.0 Å². The van der Waals surface area contributed by atoms with E-state index in [1.807, 2.05) is 36.4 Å². The van der Waals surface area contributed by atoms with Gasteiger partial charge in [-0.1, -0.05) is 60.7 Å². The first kappa shape index (κ1) is 12.8. The van der Waals surface area contributed by atoms with Crippen LogP contribution in [-0.2, 0) is 6.54 Å². The van der Waals surface area contributed by atoms with Gasteiger partial charge in [0.25, 0.3) is 0 Å². The van der Waals surface area contributed by atoms with Gasteiger partial charge in [0, 0.05) is 13.1 Å². The third kappa shape index (κ3) is 3.67. The standard InChI is InChI=1S/C15H19N3/c16-18-15(14-9-5-2-6-10-14)12-17-11-13-7-3-1-4-8-13/h1-10,15,17-18H,11-12,16H2/t15-/m1/s1. The van der Waals surface area contributed by atoms with Crippen LogP contribution in [0.4, 0.5) is 0 Å². The van der Waals surface area contributed by atoms with Crippen molar-refractivity contribution in [3.63, 3.8) is 0 Å². The highest BCUT2D eigenvalue weighted by Gasteiger charge is 2.07. The van der Waals surface area contributed by atoms with Crippen LogP contribution >= 0.6 is 0 Å². The van der Waals surface area contributed by atoms with Crippen molar-refractivity contribution in [2.45, 2.75) is 12.6 Å². The van der Waals surface area contributed by atoms with Crippen molar-refractivity contribution in [1.29, 1.82) is 0 Å². The molecule has 94 valence electrons. The average Bonchev–Trinajstić information content (AvgIpc) is 2.46. The number of benzene rings is 2. The summed E-state index contributed by atoms with van der Waals surface area (Å²) in [5.41, 5.74) is 5.32. The zero-order chi connectivity index (χ0) is 12.6. The Labute approximate surface area is 108 Å². The lowest BCUT2D eigenvalue weighted by Gasteiger charge is -2.17. The molecule has 3 nitrogen and oxygen atoms in total. The molecular formula is C15H19N3. The van der Waals surface area contributed by atoms with E-state index in [1.165, 1.54) is 11.1 Å². The van der Waals surface area contributed by atoms with Gasteiger partial charge in [-0.25, -0.2) is 0 Å². The molecule has 0 aliphatic heterocycles. The van der Waals surface area contributed by atoms with Crippen molar-refractivity contribution < 1.29 is 0 Å². The van der Waals surface area contributed by atoms with E-state index in [9.17, 15) is 0 Å².